The van der Waals surface area contributed by atoms with E-state index >= 15 is 0 Å². The Bertz CT molecular complexity index is 1050. The van der Waals surface area contributed by atoms with E-state index in [-0.39, 0.29) is 31.1 Å². The van der Waals surface area contributed by atoms with Gasteiger partial charge in [0.25, 0.3) is 0 Å². The fourth-order valence-corrected chi connectivity index (χ4v) is 7.87. The van der Waals surface area contributed by atoms with Gasteiger partial charge in [0, 0.05) is 19.3 Å². The smallest absolute Gasteiger partial charge is 0.306 e. The van der Waals surface area contributed by atoms with Crippen LogP contribution in [0.3, 0.4) is 0 Å². The second-order valence-electron chi connectivity index (χ2n) is 18.1. The third-order valence-electron chi connectivity index (χ3n) is 11.9. The van der Waals surface area contributed by atoms with E-state index in [1.807, 2.05) is 0 Å². The van der Waals surface area contributed by atoms with Crippen LogP contribution in [0.25, 0.3) is 0 Å². The molecule has 0 heterocycles. The largest absolute Gasteiger partial charge is 0.462 e. The molecule has 6 heteroatoms. The van der Waals surface area contributed by atoms with Crippen LogP contribution in [0.15, 0.2) is 36.5 Å². The van der Waals surface area contributed by atoms with Gasteiger partial charge in [-0.05, 0) is 51.4 Å². The molecule has 0 aliphatic rings. The van der Waals surface area contributed by atoms with Gasteiger partial charge in [-0.1, -0.05) is 250 Å². The van der Waals surface area contributed by atoms with E-state index in [2.05, 4.69) is 57.2 Å². The molecule has 0 aromatic heterocycles. The molecule has 0 spiro atoms. The van der Waals surface area contributed by atoms with Crippen LogP contribution in [0, 0.1) is 0 Å². The highest BCUT2D eigenvalue weighted by Crippen LogP contribution is 2.17. The van der Waals surface area contributed by atoms with Gasteiger partial charge in [-0.3, -0.25) is 14.4 Å². The minimum atomic E-state index is -0.774. The molecule has 362 valence electrons. The molecule has 0 rings (SSSR count). The van der Waals surface area contributed by atoms with Crippen molar-refractivity contribution in [1.82, 2.24) is 0 Å². The van der Waals surface area contributed by atoms with Gasteiger partial charge >= 0.3 is 17.9 Å². The molecule has 0 saturated carbocycles. The molecule has 0 bridgehead atoms. The maximum Gasteiger partial charge on any atom is 0.306 e. The van der Waals surface area contributed by atoms with Crippen LogP contribution >= 0.6 is 0 Å². The van der Waals surface area contributed by atoms with Crippen molar-refractivity contribution in [3.8, 4) is 0 Å². The summed E-state index contributed by atoms with van der Waals surface area (Å²) in [4.78, 5) is 37.8. The molecule has 0 aliphatic carbocycles. The highest BCUT2D eigenvalue weighted by Gasteiger charge is 2.19. The van der Waals surface area contributed by atoms with Crippen molar-refractivity contribution >= 4 is 17.9 Å². The van der Waals surface area contributed by atoms with E-state index in [1.54, 1.807) is 0 Å². The van der Waals surface area contributed by atoms with Crippen molar-refractivity contribution in [2.75, 3.05) is 13.2 Å². The molecule has 0 N–H and O–H groups in total. The molecule has 6 nitrogen and oxygen atoms in total. The van der Waals surface area contributed by atoms with Gasteiger partial charge in [-0.2, -0.15) is 0 Å². The lowest BCUT2D eigenvalue weighted by Gasteiger charge is -2.18. The highest BCUT2D eigenvalue weighted by atomic mass is 16.6. The van der Waals surface area contributed by atoms with Crippen molar-refractivity contribution in [3.05, 3.63) is 36.5 Å². The van der Waals surface area contributed by atoms with Gasteiger partial charge < -0.3 is 14.2 Å². The van der Waals surface area contributed by atoms with Crippen LogP contribution in [0.2, 0.25) is 0 Å². The molecule has 1 atom stereocenters. The average Bonchev–Trinajstić information content (AvgIpc) is 3.27. The molecule has 0 fully saturated rings. The lowest BCUT2D eigenvalue weighted by Crippen LogP contribution is -2.30. The first-order valence-corrected chi connectivity index (χ1v) is 27.0. The number of unbranched alkanes of at least 4 members (excludes halogenated alkanes) is 32. The molecule has 0 saturated heterocycles. The predicted octanol–water partition coefficient (Wildman–Crippen LogP) is 17.7. The van der Waals surface area contributed by atoms with Crippen molar-refractivity contribution in [1.29, 1.82) is 0 Å². The van der Waals surface area contributed by atoms with E-state index in [0.29, 0.717) is 19.3 Å². The van der Waals surface area contributed by atoms with E-state index in [4.69, 9.17) is 14.2 Å². The first-order chi connectivity index (χ1) is 30.5. The number of hydrogen-bond donors (Lipinski definition) is 0. The number of allylic oxidation sites excluding steroid dienone is 6. The number of rotatable bonds is 49. The minimum Gasteiger partial charge on any atom is -0.462 e. The summed E-state index contributed by atoms with van der Waals surface area (Å²) in [5.41, 5.74) is 0. The summed E-state index contributed by atoms with van der Waals surface area (Å²) in [6.45, 7) is 6.48. The van der Waals surface area contributed by atoms with Crippen LogP contribution in [-0.2, 0) is 28.6 Å². The quantitative estimate of drug-likeness (QED) is 0.0262. The van der Waals surface area contributed by atoms with Crippen LogP contribution in [0.5, 0.6) is 0 Å². The number of carbonyl (C=O) groups is 3. The molecule has 0 amide bonds. The molecule has 0 radical (unpaired) electrons. The van der Waals surface area contributed by atoms with Crippen molar-refractivity contribution < 1.29 is 28.6 Å². The van der Waals surface area contributed by atoms with Gasteiger partial charge in [-0.25, -0.2) is 0 Å². The van der Waals surface area contributed by atoms with E-state index < -0.39 is 6.10 Å². The predicted molar refractivity (Wildman–Crippen MR) is 266 cm³/mol. The Labute approximate surface area is 385 Å². The third kappa shape index (κ3) is 48.7. The highest BCUT2D eigenvalue weighted by molar-refractivity contribution is 5.71. The van der Waals surface area contributed by atoms with E-state index in [0.717, 1.165) is 96.3 Å². The first-order valence-electron chi connectivity index (χ1n) is 27.0. The molecule has 0 aliphatic heterocycles. The zero-order valence-corrected chi connectivity index (χ0v) is 41.4. The summed E-state index contributed by atoms with van der Waals surface area (Å²) < 4.78 is 16.7. The Morgan fingerprint density at radius 3 is 0.984 bits per heavy atom. The second kappa shape index (κ2) is 51.3. The maximum absolute atomic E-state index is 12.7. The third-order valence-corrected chi connectivity index (χ3v) is 11.9. The zero-order chi connectivity index (χ0) is 45.1. The van der Waals surface area contributed by atoms with Crippen LogP contribution in [0.1, 0.15) is 284 Å². The van der Waals surface area contributed by atoms with E-state index in [9.17, 15) is 14.4 Å². The van der Waals surface area contributed by atoms with Crippen molar-refractivity contribution in [2.24, 2.45) is 0 Å². The Balaban J connectivity index is 4.10. The lowest BCUT2D eigenvalue weighted by molar-refractivity contribution is -0.167. The topological polar surface area (TPSA) is 78.9 Å². The summed E-state index contributed by atoms with van der Waals surface area (Å²) in [6.07, 6.45) is 60.3. The molecule has 62 heavy (non-hydrogen) atoms. The summed E-state index contributed by atoms with van der Waals surface area (Å²) in [5, 5.41) is 0. The standard InChI is InChI=1S/C56H102O6/c1-4-7-10-13-16-18-20-22-24-25-26-27-28-29-30-31-33-34-36-38-40-43-46-49-55(58)61-52-53(51-60-54(57)48-45-42-15-12-9-6-3)62-56(59)50-47-44-41-39-37-35-32-23-21-19-17-14-11-8-5-2/h8,11,17,19,23,32,53H,4-7,9-10,12-16,18,20-22,24-31,33-52H2,1-3H3/b11-8-,19-17-,32-23-. The summed E-state index contributed by atoms with van der Waals surface area (Å²) >= 11 is 0. The van der Waals surface area contributed by atoms with Gasteiger partial charge in [0.1, 0.15) is 13.2 Å². The van der Waals surface area contributed by atoms with Gasteiger partial charge in [0.2, 0.25) is 0 Å². The monoisotopic (exact) mass is 871 g/mol. The van der Waals surface area contributed by atoms with E-state index in [1.165, 1.54) is 148 Å². The zero-order valence-electron chi connectivity index (χ0n) is 41.4. The molecule has 1 unspecified atom stereocenters. The first kappa shape index (κ1) is 59.6. The second-order valence-corrected chi connectivity index (χ2v) is 18.1. The molecule has 0 aromatic rings. The molecule has 0 aromatic carbocycles. The maximum atomic E-state index is 12.7. The normalized spacial score (nSPS) is 12.2. The number of esters is 3. The van der Waals surface area contributed by atoms with Gasteiger partial charge in [-0.15, -0.1) is 0 Å². The average molecular weight is 871 g/mol. The van der Waals surface area contributed by atoms with Crippen molar-refractivity contribution in [2.45, 2.75) is 290 Å². The minimum absolute atomic E-state index is 0.0759. The van der Waals surface area contributed by atoms with Crippen molar-refractivity contribution in [3.63, 3.8) is 0 Å². The number of hydrogen-bond acceptors (Lipinski definition) is 6. The summed E-state index contributed by atoms with van der Waals surface area (Å²) in [7, 11) is 0. The number of carbonyl (C=O) groups excluding carboxylic acids is 3. The van der Waals surface area contributed by atoms with Crippen LogP contribution in [-0.4, -0.2) is 37.2 Å². The summed E-state index contributed by atoms with van der Waals surface area (Å²) in [6, 6.07) is 0. The molecular formula is C56H102O6. The Kier molecular flexibility index (Phi) is 49.3. The van der Waals surface area contributed by atoms with Crippen LogP contribution < -0.4 is 0 Å². The number of ether oxygens (including phenoxy) is 3. The fraction of sp³-hybridized carbons (Fsp3) is 0.839. The Morgan fingerprint density at radius 1 is 0.339 bits per heavy atom. The Morgan fingerprint density at radius 2 is 0.629 bits per heavy atom. The SMILES string of the molecule is CC/C=C\C/C=C\C/C=C\CCCCCCCC(=O)OC(COC(=O)CCCCCCCC)COC(=O)CCCCCCCCCCCCCCCCCCCCCCCCC. The van der Waals surface area contributed by atoms with Gasteiger partial charge in [0.15, 0.2) is 6.10 Å². The lowest BCUT2D eigenvalue weighted by atomic mass is 10.0. The van der Waals surface area contributed by atoms with Crippen LogP contribution in [0.4, 0.5) is 0 Å². The Hall–Kier alpha value is -2.37. The fourth-order valence-electron chi connectivity index (χ4n) is 7.87. The van der Waals surface area contributed by atoms with Gasteiger partial charge in [0.05, 0.1) is 0 Å². The summed E-state index contributed by atoms with van der Waals surface area (Å²) in [5.74, 6) is -0.892. The molecular weight excluding hydrogens is 769 g/mol.